The van der Waals surface area contributed by atoms with E-state index in [1.54, 1.807) is 0 Å². The lowest BCUT2D eigenvalue weighted by atomic mass is 10.0. The standard InChI is InChI=1S/C54H94O6/c1-4-7-10-13-16-19-22-24-25-26-27-28-29-30-33-35-38-41-44-47-53(56)59-50-51(49-58-52(55)46-43-40-37-34-31-21-18-15-12-9-6-3)60-54(57)48-45-42-39-36-32-23-20-17-14-11-8-5-2/h9,12,16,18-19,21-22,24,34,37,51H,4-8,10-11,13-15,17,20,23,25-33,35-36,38-50H2,1-3H3/b12-9-,19-16-,21-18-,24-22-,37-34-. The Bertz CT molecular complexity index is 1100. The number of hydrogen-bond donors (Lipinski definition) is 0. The molecule has 0 bridgehead atoms. The molecule has 0 N–H and O–H groups in total. The van der Waals surface area contributed by atoms with Gasteiger partial charge in [-0.1, -0.05) is 216 Å². The molecule has 0 aliphatic rings. The Morgan fingerprint density at radius 1 is 0.367 bits per heavy atom. The van der Waals surface area contributed by atoms with Gasteiger partial charge in [-0.2, -0.15) is 0 Å². The first kappa shape index (κ1) is 57.1. The molecule has 0 aromatic rings. The van der Waals surface area contributed by atoms with Crippen LogP contribution in [-0.4, -0.2) is 37.2 Å². The van der Waals surface area contributed by atoms with Gasteiger partial charge in [0.2, 0.25) is 0 Å². The highest BCUT2D eigenvalue weighted by atomic mass is 16.6. The highest BCUT2D eigenvalue weighted by molar-refractivity contribution is 5.71. The van der Waals surface area contributed by atoms with Gasteiger partial charge in [0.25, 0.3) is 0 Å². The number of hydrogen-bond acceptors (Lipinski definition) is 6. The maximum absolute atomic E-state index is 12.7. The van der Waals surface area contributed by atoms with Crippen molar-refractivity contribution in [3.05, 3.63) is 60.8 Å². The van der Waals surface area contributed by atoms with Crippen LogP contribution in [0.5, 0.6) is 0 Å². The molecule has 1 unspecified atom stereocenters. The van der Waals surface area contributed by atoms with Crippen molar-refractivity contribution < 1.29 is 28.6 Å². The maximum Gasteiger partial charge on any atom is 0.306 e. The molecule has 60 heavy (non-hydrogen) atoms. The zero-order valence-electron chi connectivity index (χ0n) is 39.5. The quantitative estimate of drug-likeness (QED) is 0.0200. The number of rotatable bonds is 45. The molecule has 0 rings (SSSR count). The second-order valence-electron chi connectivity index (χ2n) is 16.7. The molecule has 0 fully saturated rings. The highest BCUT2D eigenvalue weighted by Crippen LogP contribution is 2.15. The molecule has 0 aromatic heterocycles. The van der Waals surface area contributed by atoms with Crippen LogP contribution in [0.1, 0.15) is 245 Å². The number of unbranched alkanes of at least 4 members (excludes halogenated alkanes) is 25. The molecule has 0 saturated carbocycles. The van der Waals surface area contributed by atoms with Crippen LogP contribution in [-0.2, 0) is 28.6 Å². The van der Waals surface area contributed by atoms with Gasteiger partial charge in [-0.15, -0.1) is 0 Å². The van der Waals surface area contributed by atoms with Gasteiger partial charge in [0.15, 0.2) is 6.10 Å². The van der Waals surface area contributed by atoms with E-state index < -0.39 is 6.10 Å². The average Bonchev–Trinajstić information content (AvgIpc) is 3.24. The molecule has 0 amide bonds. The fourth-order valence-corrected chi connectivity index (χ4v) is 6.99. The number of carbonyl (C=O) groups is 3. The molecular formula is C54H94O6. The van der Waals surface area contributed by atoms with Crippen molar-refractivity contribution in [2.45, 2.75) is 252 Å². The first-order valence-electron chi connectivity index (χ1n) is 25.3. The maximum atomic E-state index is 12.7. The summed E-state index contributed by atoms with van der Waals surface area (Å²) >= 11 is 0. The molecule has 346 valence electrons. The van der Waals surface area contributed by atoms with Crippen molar-refractivity contribution in [1.29, 1.82) is 0 Å². The molecule has 0 saturated heterocycles. The van der Waals surface area contributed by atoms with Crippen molar-refractivity contribution in [3.63, 3.8) is 0 Å². The van der Waals surface area contributed by atoms with E-state index in [9.17, 15) is 14.4 Å². The van der Waals surface area contributed by atoms with Gasteiger partial charge in [-0.3, -0.25) is 14.4 Å². The summed E-state index contributed by atoms with van der Waals surface area (Å²) in [7, 11) is 0. The van der Waals surface area contributed by atoms with Crippen LogP contribution in [0, 0.1) is 0 Å². The van der Waals surface area contributed by atoms with Crippen molar-refractivity contribution in [2.75, 3.05) is 13.2 Å². The Hall–Kier alpha value is -2.89. The van der Waals surface area contributed by atoms with Crippen molar-refractivity contribution in [1.82, 2.24) is 0 Å². The minimum atomic E-state index is -0.791. The molecule has 0 aliphatic heterocycles. The van der Waals surface area contributed by atoms with E-state index in [1.807, 2.05) is 0 Å². The molecule has 0 radical (unpaired) electrons. The van der Waals surface area contributed by atoms with E-state index in [0.717, 1.165) is 64.2 Å². The number of carbonyl (C=O) groups excluding carboxylic acids is 3. The fraction of sp³-hybridized carbons (Fsp3) is 0.759. The summed E-state index contributed by atoms with van der Waals surface area (Å²) in [6.07, 6.45) is 59.3. The van der Waals surface area contributed by atoms with E-state index >= 15 is 0 Å². The van der Waals surface area contributed by atoms with Crippen molar-refractivity contribution in [3.8, 4) is 0 Å². The van der Waals surface area contributed by atoms with E-state index in [1.165, 1.54) is 135 Å². The summed E-state index contributed by atoms with van der Waals surface area (Å²) in [6, 6.07) is 0. The van der Waals surface area contributed by atoms with Gasteiger partial charge in [0.05, 0.1) is 0 Å². The third kappa shape index (κ3) is 46.2. The van der Waals surface area contributed by atoms with Gasteiger partial charge in [0, 0.05) is 19.3 Å². The lowest BCUT2D eigenvalue weighted by Crippen LogP contribution is -2.30. The van der Waals surface area contributed by atoms with Gasteiger partial charge in [-0.25, -0.2) is 0 Å². The van der Waals surface area contributed by atoms with Gasteiger partial charge >= 0.3 is 17.9 Å². The summed E-state index contributed by atoms with van der Waals surface area (Å²) < 4.78 is 16.7. The first-order valence-corrected chi connectivity index (χ1v) is 25.3. The van der Waals surface area contributed by atoms with Crippen molar-refractivity contribution in [2.24, 2.45) is 0 Å². The fourth-order valence-electron chi connectivity index (χ4n) is 6.99. The van der Waals surface area contributed by atoms with Crippen molar-refractivity contribution >= 4 is 17.9 Å². The summed E-state index contributed by atoms with van der Waals surface area (Å²) in [5, 5.41) is 0. The molecule has 1 atom stereocenters. The average molecular weight is 839 g/mol. The lowest BCUT2D eigenvalue weighted by Gasteiger charge is -2.18. The minimum Gasteiger partial charge on any atom is -0.462 e. The Morgan fingerprint density at radius 2 is 0.717 bits per heavy atom. The monoisotopic (exact) mass is 839 g/mol. The van der Waals surface area contributed by atoms with Crippen LogP contribution in [0.25, 0.3) is 0 Å². The Morgan fingerprint density at radius 3 is 1.20 bits per heavy atom. The minimum absolute atomic E-state index is 0.0900. The molecule has 0 aromatic carbocycles. The second kappa shape index (κ2) is 48.8. The lowest BCUT2D eigenvalue weighted by molar-refractivity contribution is -0.167. The third-order valence-corrected chi connectivity index (χ3v) is 10.8. The van der Waals surface area contributed by atoms with E-state index in [0.29, 0.717) is 19.3 Å². The van der Waals surface area contributed by atoms with Gasteiger partial charge in [0.1, 0.15) is 13.2 Å². The highest BCUT2D eigenvalue weighted by Gasteiger charge is 2.19. The molecule has 0 heterocycles. The summed E-state index contributed by atoms with van der Waals surface area (Å²) in [5.74, 6) is -0.947. The van der Waals surface area contributed by atoms with Crippen LogP contribution in [0.2, 0.25) is 0 Å². The Labute approximate surface area is 370 Å². The van der Waals surface area contributed by atoms with Crippen LogP contribution in [0.15, 0.2) is 60.8 Å². The molecule has 0 spiro atoms. The molecule has 6 nitrogen and oxygen atoms in total. The van der Waals surface area contributed by atoms with E-state index in [4.69, 9.17) is 14.2 Å². The first-order chi connectivity index (χ1) is 29.5. The second-order valence-corrected chi connectivity index (χ2v) is 16.7. The number of ether oxygens (including phenoxy) is 3. The Kier molecular flexibility index (Phi) is 46.4. The van der Waals surface area contributed by atoms with Crippen LogP contribution >= 0.6 is 0 Å². The predicted octanol–water partition coefficient (Wildman–Crippen LogP) is 16.5. The predicted molar refractivity (Wildman–Crippen MR) is 256 cm³/mol. The zero-order chi connectivity index (χ0) is 43.7. The van der Waals surface area contributed by atoms with E-state index in [-0.39, 0.29) is 37.5 Å². The van der Waals surface area contributed by atoms with E-state index in [2.05, 4.69) is 81.5 Å². The molecular weight excluding hydrogens is 745 g/mol. The van der Waals surface area contributed by atoms with Crippen LogP contribution < -0.4 is 0 Å². The number of allylic oxidation sites excluding steroid dienone is 10. The van der Waals surface area contributed by atoms with Crippen LogP contribution in [0.3, 0.4) is 0 Å². The Balaban J connectivity index is 4.35. The summed E-state index contributed by atoms with van der Waals surface area (Å²) in [5.41, 5.74) is 0. The topological polar surface area (TPSA) is 78.9 Å². The van der Waals surface area contributed by atoms with Gasteiger partial charge < -0.3 is 14.2 Å². The molecule has 6 heteroatoms. The molecule has 0 aliphatic carbocycles. The number of esters is 3. The normalized spacial score (nSPS) is 12.5. The smallest absolute Gasteiger partial charge is 0.306 e. The zero-order valence-corrected chi connectivity index (χ0v) is 39.5. The van der Waals surface area contributed by atoms with Crippen LogP contribution in [0.4, 0.5) is 0 Å². The third-order valence-electron chi connectivity index (χ3n) is 10.8. The van der Waals surface area contributed by atoms with Gasteiger partial charge in [-0.05, 0) is 70.6 Å². The largest absolute Gasteiger partial charge is 0.462 e. The summed E-state index contributed by atoms with van der Waals surface area (Å²) in [4.78, 5) is 37.8. The SMILES string of the molecule is CC/C=C\C/C=C\C/C=C\CCCC(=O)OCC(COC(=O)CCCCCCCCCCCC/C=C\C=C/CCCCC)OC(=O)CCCCCCCCCCCCCC. The summed E-state index contributed by atoms with van der Waals surface area (Å²) in [6.45, 7) is 6.44.